The summed E-state index contributed by atoms with van der Waals surface area (Å²) in [5, 5.41) is 9.99. The first-order valence-electron chi connectivity index (χ1n) is 10.9. The second-order valence-electron chi connectivity index (χ2n) is 7.77. The fraction of sp³-hybridized carbons (Fsp3) is 0. The predicted molar refractivity (Wildman–Crippen MR) is 137 cm³/mol. The molecule has 0 aliphatic carbocycles. The van der Waals surface area contributed by atoms with E-state index < -0.39 is 0 Å². The first kappa shape index (κ1) is 20.3. The van der Waals surface area contributed by atoms with Gasteiger partial charge in [-0.2, -0.15) is 5.26 Å². The van der Waals surface area contributed by atoms with Crippen LogP contribution in [0.2, 0.25) is 0 Å². The van der Waals surface area contributed by atoms with Crippen molar-refractivity contribution in [1.82, 2.24) is 4.57 Å². The molecule has 0 amide bonds. The highest BCUT2D eigenvalue weighted by molar-refractivity contribution is 5.94. The second-order valence-corrected chi connectivity index (χ2v) is 7.77. The van der Waals surface area contributed by atoms with Crippen molar-refractivity contribution in [1.29, 1.82) is 5.26 Å². The number of nitriles is 1. The summed E-state index contributed by atoms with van der Waals surface area (Å²) < 4.78 is 2.29. The minimum absolute atomic E-state index is 0.637. The van der Waals surface area contributed by atoms with Crippen molar-refractivity contribution in [3.8, 4) is 34.3 Å². The Morgan fingerprint density at radius 2 is 1.15 bits per heavy atom. The van der Waals surface area contributed by atoms with E-state index in [9.17, 15) is 5.26 Å². The molecule has 1 heterocycles. The molecule has 33 heavy (non-hydrogen) atoms. The van der Waals surface area contributed by atoms with E-state index in [0.29, 0.717) is 5.57 Å². The monoisotopic (exact) mass is 422 g/mol. The zero-order valence-corrected chi connectivity index (χ0v) is 18.1. The van der Waals surface area contributed by atoms with Crippen LogP contribution in [0.25, 0.3) is 39.9 Å². The number of hydrogen-bond donors (Lipinski definition) is 0. The standard InChI is InChI=1S/C31H22N2/c32-23-28(24-13-5-1-6-14-24)21-27-22-30(25-15-7-2-8-16-25)33(29-19-11-4-12-20-29)31(27)26-17-9-3-10-18-26/h1-22H/b28-21+. The van der Waals surface area contributed by atoms with E-state index in [4.69, 9.17) is 0 Å². The van der Waals surface area contributed by atoms with Gasteiger partial charge < -0.3 is 4.57 Å². The summed E-state index contributed by atoms with van der Waals surface area (Å²) >= 11 is 0. The van der Waals surface area contributed by atoms with Gasteiger partial charge in [-0.3, -0.25) is 0 Å². The van der Waals surface area contributed by atoms with Crippen LogP contribution in [0.3, 0.4) is 0 Å². The van der Waals surface area contributed by atoms with E-state index >= 15 is 0 Å². The molecule has 5 rings (SSSR count). The van der Waals surface area contributed by atoms with Crippen molar-refractivity contribution in [2.75, 3.05) is 0 Å². The largest absolute Gasteiger partial charge is 0.309 e. The van der Waals surface area contributed by atoms with Gasteiger partial charge in [0.25, 0.3) is 0 Å². The van der Waals surface area contributed by atoms with Gasteiger partial charge in [0.1, 0.15) is 0 Å². The number of rotatable bonds is 5. The van der Waals surface area contributed by atoms with Gasteiger partial charge in [0.15, 0.2) is 0 Å². The van der Waals surface area contributed by atoms with Gasteiger partial charge in [-0.1, -0.05) is 109 Å². The van der Waals surface area contributed by atoms with E-state index in [1.807, 2.05) is 54.6 Å². The molecule has 2 heteroatoms. The molecule has 5 aromatic rings. The molecule has 1 aromatic heterocycles. The fourth-order valence-corrected chi connectivity index (χ4v) is 4.15. The minimum atomic E-state index is 0.637. The Labute approximate surface area is 194 Å². The smallest absolute Gasteiger partial charge is 0.0998 e. The molecule has 0 aliphatic rings. The van der Waals surface area contributed by atoms with E-state index in [-0.39, 0.29) is 0 Å². The maximum atomic E-state index is 9.99. The number of benzene rings is 4. The van der Waals surface area contributed by atoms with E-state index in [1.165, 1.54) is 0 Å². The summed E-state index contributed by atoms with van der Waals surface area (Å²) in [4.78, 5) is 0. The molecular formula is C31H22N2. The van der Waals surface area contributed by atoms with Gasteiger partial charge >= 0.3 is 0 Å². The molecule has 0 aliphatic heterocycles. The first-order chi connectivity index (χ1) is 16.3. The lowest BCUT2D eigenvalue weighted by Gasteiger charge is -2.15. The maximum Gasteiger partial charge on any atom is 0.0998 e. The average molecular weight is 423 g/mol. The third-order valence-electron chi connectivity index (χ3n) is 5.67. The Kier molecular flexibility index (Phi) is 5.70. The number of para-hydroxylation sites is 1. The number of hydrogen-bond acceptors (Lipinski definition) is 1. The SMILES string of the molecule is N#C/C(=C\c1cc(-c2ccccc2)n(-c2ccccc2)c1-c1ccccc1)c1ccccc1. The van der Waals surface area contributed by atoms with Crippen LogP contribution in [0.15, 0.2) is 127 Å². The summed E-state index contributed by atoms with van der Waals surface area (Å²) in [5.74, 6) is 0. The van der Waals surface area contributed by atoms with Crippen LogP contribution in [0, 0.1) is 11.3 Å². The lowest BCUT2D eigenvalue weighted by atomic mass is 10.0. The Morgan fingerprint density at radius 1 is 0.636 bits per heavy atom. The molecule has 0 radical (unpaired) electrons. The highest BCUT2D eigenvalue weighted by Gasteiger charge is 2.19. The predicted octanol–water partition coefficient (Wildman–Crippen LogP) is 7.88. The number of allylic oxidation sites excluding steroid dienone is 1. The maximum absolute atomic E-state index is 9.99. The van der Waals surface area contributed by atoms with Crippen molar-refractivity contribution >= 4 is 11.6 Å². The molecular weight excluding hydrogens is 400 g/mol. The summed E-state index contributed by atoms with van der Waals surface area (Å²) in [6.45, 7) is 0. The molecule has 0 unspecified atom stereocenters. The Bertz CT molecular complexity index is 1420. The Morgan fingerprint density at radius 3 is 1.73 bits per heavy atom. The minimum Gasteiger partial charge on any atom is -0.309 e. The lowest BCUT2D eigenvalue weighted by molar-refractivity contribution is 1.09. The molecule has 0 spiro atoms. The Hall–Kier alpha value is -4.61. The summed E-state index contributed by atoms with van der Waals surface area (Å²) in [6.07, 6.45) is 2.00. The summed E-state index contributed by atoms with van der Waals surface area (Å²) in [6, 6.07) is 45.6. The highest BCUT2D eigenvalue weighted by atomic mass is 15.0. The van der Waals surface area contributed by atoms with Crippen LogP contribution < -0.4 is 0 Å². The van der Waals surface area contributed by atoms with Crippen molar-refractivity contribution in [2.45, 2.75) is 0 Å². The van der Waals surface area contributed by atoms with Crippen molar-refractivity contribution in [3.63, 3.8) is 0 Å². The van der Waals surface area contributed by atoms with Crippen LogP contribution in [0.1, 0.15) is 11.1 Å². The normalized spacial score (nSPS) is 11.2. The number of nitrogens with zero attached hydrogens (tertiary/aromatic N) is 2. The summed E-state index contributed by atoms with van der Waals surface area (Å²) in [7, 11) is 0. The van der Waals surface area contributed by atoms with Crippen LogP contribution >= 0.6 is 0 Å². The zero-order chi connectivity index (χ0) is 22.5. The number of aromatic nitrogens is 1. The molecule has 0 atom stereocenters. The average Bonchev–Trinajstić information content (AvgIpc) is 3.28. The second kappa shape index (κ2) is 9.26. The lowest BCUT2D eigenvalue weighted by Crippen LogP contribution is -1.99. The van der Waals surface area contributed by atoms with E-state index in [2.05, 4.69) is 89.5 Å². The molecule has 0 saturated heterocycles. The first-order valence-corrected chi connectivity index (χ1v) is 10.9. The summed E-state index contributed by atoms with van der Waals surface area (Å²) in [5.41, 5.74) is 7.99. The van der Waals surface area contributed by atoms with Crippen LogP contribution in [-0.2, 0) is 0 Å². The van der Waals surface area contributed by atoms with Gasteiger partial charge in [0.2, 0.25) is 0 Å². The van der Waals surface area contributed by atoms with E-state index in [0.717, 1.165) is 39.3 Å². The van der Waals surface area contributed by atoms with Gasteiger partial charge in [-0.05, 0) is 41.0 Å². The quantitative estimate of drug-likeness (QED) is 0.265. The van der Waals surface area contributed by atoms with Crippen LogP contribution in [0.5, 0.6) is 0 Å². The van der Waals surface area contributed by atoms with Crippen molar-refractivity contribution in [2.24, 2.45) is 0 Å². The van der Waals surface area contributed by atoms with Gasteiger partial charge in [0.05, 0.1) is 23.0 Å². The molecule has 0 fully saturated rings. The van der Waals surface area contributed by atoms with Gasteiger partial charge in [-0.15, -0.1) is 0 Å². The molecule has 0 N–H and O–H groups in total. The third-order valence-corrected chi connectivity index (χ3v) is 5.67. The van der Waals surface area contributed by atoms with Crippen molar-refractivity contribution < 1.29 is 0 Å². The Balaban J connectivity index is 1.84. The van der Waals surface area contributed by atoms with Gasteiger partial charge in [-0.25, -0.2) is 0 Å². The topological polar surface area (TPSA) is 28.7 Å². The molecule has 0 bridgehead atoms. The van der Waals surface area contributed by atoms with Crippen LogP contribution in [0.4, 0.5) is 0 Å². The van der Waals surface area contributed by atoms with E-state index in [1.54, 1.807) is 0 Å². The van der Waals surface area contributed by atoms with Crippen molar-refractivity contribution in [3.05, 3.63) is 139 Å². The molecule has 156 valence electrons. The highest BCUT2D eigenvalue weighted by Crippen LogP contribution is 2.37. The third kappa shape index (κ3) is 4.13. The molecule has 4 aromatic carbocycles. The molecule has 0 saturated carbocycles. The van der Waals surface area contributed by atoms with Gasteiger partial charge in [0, 0.05) is 11.3 Å². The fourth-order valence-electron chi connectivity index (χ4n) is 4.15. The van der Waals surface area contributed by atoms with Crippen LogP contribution in [-0.4, -0.2) is 4.57 Å². The zero-order valence-electron chi connectivity index (χ0n) is 18.1. The molecule has 2 nitrogen and oxygen atoms in total.